The van der Waals surface area contributed by atoms with E-state index in [0.29, 0.717) is 12.2 Å². The lowest BCUT2D eigenvalue weighted by Crippen LogP contribution is -2.12. The smallest absolute Gasteiger partial charge is 0.256 e. The lowest BCUT2D eigenvalue weighted by atomic mass is 10.2. The number of nitrogens with one attached hydrogen (secondary N) is 1. The van der Waals surface area contributed by atoms with Crippen molar-refractivity contribution in [1.82, 2.24) is 0 Å². The minimum Gasteiger partial charge on any atom is -0.494 e. The molecule has 0 aliphatic rings. The fourth-order valence-corrected chi connectivity index (χ4v) is 2.37. The number of rotatable bonds is 5. The molecule has 0 unspecified atom stereocenters. The molecular formula is C16H16BrNO2S. The van der Waals surface area contributed by atoms with Crippen LogP contribution in [0.1, 0.15) is 23.7 Å². The highest BCUT2D eigenvalue weighted by Gasteiger charge is 2.10. The molecule has 0 spiro atoms. The van der Waals surface area contributed by atoms with Gasteiger partial charge in [0.1, 0.15) is 5.75 Å². The molecule has 110 valence electrons. The van der Waals surface area contributed by atoms with E-state index in [1.54, 1.807) is 12.1 Å². The molecular weight excluding hydrogens is 350 g/mol. The maximum atomic E-state index is 12.2. The topological polar surface area (TPSA) is 38.3 Å². The lowest BCUT2D eigenvalue weighted by molar-refractivity contribution is 0.102. The quantitative estimate of drug-likeness (QED) is 0.748. The summed E-state index contributed by atoms with van der Waals surface area (Å²) < 4.78 is 6.24. The van der Waals surface area contributed by atoms with Crippen LogP contribution in [-0.2, 0) is 0 Å². The third kappa shape index (κ3) is 4.51. The van der Waals surface area contributed by atoms with Gasteiger partial charge in [0.05, 0.1) is 12.2 Å². The molecule has 5 heteroatoms. The molecule has 0 aliphatic carbocycles. The Balaban J connectivity index is 2.07. The van der Waals surface area contributed by atoms with Crippen molar-refractivity contribution in [2.75, 3.05) is 11.9 Å². The van der Waals surface area contributed by atoms with Crippen LogP contribution in [-0.4, -0.2) is 12.5 Å². The molecule has 0 saturated heterocycles. The molecule has 21 heavy (non-hydrogen) atoms. The molecule has 2 rings (SSSR count). The van der Waals surface area contributed by atoms with Crippen LogP contribution < -0.4 is 10.1 Å². The van der Waals surface area contributed by atoms with Crippen molar-refractivity contribution in [2.24, 2.45) is 0 Å². The fraction of sp³-hybridized carbons (Fsp3) is 0.188. The first-order valence-electron chi connectivity index (χ1n) is 6.63. The van der Waals surface area contributed by atoms with Gasteiger partial charge in [-0.15, -0.1) is 12.6 Å². The summed E-state index contributed by atoms with van der Waals surface area (Å²) in [4.78, 5) is 13.0. The Morgan fingerprint density at radius 2 is 1.95 bits per heavy atom. The normalized spacial score (nSPS) is 10.2. The SMILES string of the molecule is CCCOc1ccc(NC(=O)c2cc(S)ccc2Br)cc1. The molecule has 1 N–H and O–H groups in total. The largest absolute Gasteiger partial charge is 0.494 e. The average molecular weight is 366 g/mol. The maximum absolute atomic E-state index is 12.2. The third-order valence-corrected chi connectivity index (χ3v) is 3.75. The second-order valence-corrected chi connectivity index (χ2v) is 5.86. The summed E-state index contributed by atoms with van der Waals surface area (Å²) in [6.45, 7) is 2.75. The second-order valence-electron chi connectivity index (χ2n) is 4.49. The van der Waals surface area contributed by atoms with E-state index < -0.39 is 0 Å². The molecule has 0 atom stereocenters. The van der Waals surface area contributed by atoms with Crippen molar-refractivity contribution in [2.45, 2.75) is 18.2 Å². The summed E-state index contributed by atoms with van der Waals surface area (Å²) in [6.07, 6.45) is 0.965. The van der Waals surface area contributed by atoms with E-state index in [2.05, 4.69) is 40.8 Å². The monoisotopic (exact) mass is 365 g/mol. The number of ether oxygens (including phenoxy) is 1. The molecule has 0 fully saturated rings. The van der Waals surface area contributed by atoms with Gasteiger partial charge in [0.25, 0.3) is 5.91 Å². The van der Waals surface area contributed by atoms with E-state index in [9.17, 15) is 4.79 Å². The highest BCUT2D eigenvalue weighted by molar-refractivity contribution is 9.10. The third-order valence-electron chi connectivity index (χ3n) is 2.78. The van der Waals surface area contributed by atoms with Gasteiger partial charge in [-0.25, -0.2) is 0 Å². The molecule has 0 radical (unpaired) electrons. The number of hydrogen-bond acceptors (Lipinski definition) is 3. The highest BCUT2D eigenvalue weighted by atomic mass is 79.9. The first kappa shape index (κ1) is 15.9. The second kappa shape index (κ2) is 7.52. The van der Waals surface area contributed by atoms with Gasteiger partial charge in [0, 0.05) is 15.1 Å². The van der Waals surface area contributed by atoms with E-state index in [1.807, 2.05) is 30.3 Å². The van der Waals surface area contributed by atoms with Crippen LogP contribution in [0.15, 0.2) is 51.8 Å². The minimum atomic E-state index is -0.181. The number of anilines is 1. The zero-order chi connectivity index (χ0) is 15.2. The molecule has 0 aliphatic heterocycles. The lowest BCUT2D eigenvalue weighted by Gasteiger charge is -2.09. The number of amides is 1. The summed E-state index contributed by atoms with van der Waals surface area (Å²) in [6, 6.07) is 12.7. The van der Waals surface area contributed by atoms with Crippen molar-refractivity contribution < 1.29 is 9.53 Å². The number of thiol groups is 1. The zero-order valence-electron chi connectivity index (χ0n) is 11.6. The van der Waals surface area contributed by atoms with Gasteiger partial charge in [-0.3, -0.25) is 4.79 Å². The first-order chi connectivity index (χ1) is 10.1. The van der Waals surface area contributed by atoms with Gasteiger partial charge in [-0.05, 0) is 64.8 Å². The Labute approximate surface area is 138 Å². The highest BCUT2D eigenvalue weighted by Crippen LogP contribution is 2.22. The summed E-state index contributed by atoms with van der Waals surface area (Å²) in [5.74, 6) is 0.619. The number of halogens is 1. The van der Waals surface area contributed by atoms with Crippen molar-refractivity contribution in [3.05, 3.63) is 52.5 Å². The number of carbonyl (C=O) groups excluding carboxylic acids is 1. The molecule has 0 heterocycles. The van der Waals surface area contributed by atoms with Gasteiger partial charge in [0.15, 0.2) is 0 Å². The van der Waals surface area contributed by atoms with Crippen LogP contribution >= 0.6 is 28.6 Å². The van der Waals surface area contributed by atoms with E-state index in [0.717, 1.165) is 27.2 Å². The molecule has 2 aromatic rings. The van der Waals surface area contributed by atoms with E-state index in [1.165, 1.54) is 0 Å². The van der Waals surface area contributed by atoms with Crippen LogP contribution in [0, 0.1) is 0 Å². The first-order valence-corrected chi connectivity index (χ1v) is 7.87. The molecule has 2 aromatic carbocycles. The van der Waals surface area contributed by atoms with E-state index in [4.69, 9.17) is 4.74 Å². The van der Waals surface area contributed by atoms with Gasteiger partial charge in [0.2, 0.25) is 0 Å². The van der Waals surface area contributed by atoms with Gasteiger partial charge >= 0.3 is 0 Å². The molecule has 0 bridgehead atoms. The predicted molar refractivity (Wildman–Crippen MR) is 91.6 cm³/mol. The Hall–Kier alpha value is -1.46. The van der Waals surface area contributed by atoms with Crippen LogP contribution in [0.2, 0.25) is 0 Å². The summed E-state index contributed by atoms with van der Waals surface area (Å²) in [7, 11) is 0. The van der Waals surface area contributed by atoms with Gasteiger partial charge in [-0.1, -0.05) is 6.92 Å². The predicted octanol–water partition coefficient (Wildman–Crippen LogP) is 4.78. The van der Waals surface area contributed by atoms with Crippen molar-refractivity contribution >= 4 is 40.2 Å². The Morgan fingerprint density at radius 1 is 1.24 bits per heavy atom. The van der Waals surface area contributed by atoms with E-state index in [-0.39, 0.29) is 5.91 Å². The molecule has 1 amide bonds. The minimum absolute atomic E-state index is 0.181. The Kier molecular flexibility index (Phi) is 5.70. The molecule has 0 aromatic heterocycles. The molecule has 0 saturated carbocycles. The summed E-state index contributed by atoms with van der Waals surface area (Å²) in [5, 5.41) is 2.85. The zero-order valence-corrected chi connectivity index (χ0v) is 14.1. The van der Waals surface area contributed by atoms with Crippen molar-refractivity contribution in [3.63, 3.8) is 0 Å². The van der Waals surface area contributed by atoms with Gasteiger partial charge in [-0.2, -0.15) is 0 Å². The van der Waals surface area contributed by atoms with Crippen molar-refractivity contribution in [1.29, 1.82) is 0 Å². The van der Waals surface area contributed by atoms with Crippen molar-refractivity contribution in [3.8, 4) is 5.75 Å². The number of carbonyl (C=O) groups is 1. The average Bonchev–Trinajstić information content (AvgIpc) is 2.49. The molecule has 3 nitrogen and oxygen atoms in total. The summed E-state index contributed by atoms with van der Waals surface area (Å²) in [5.41, 5.74) is 1.27. The Morgan fingerprint density at radius 3 is 2.62 bits per heavy atom. The van der Waals surface area contributed by atoms with Gasteiger partial charge < -0.3 is 10.1 Å². The Bertz CT molecular complexity index is 629. The van der Waals surface area contributed by atoms with Crippen LogP contribution in [0.4, 0.5) is 5.69 Å². The number of hydrogen-bond donors (Lipinski definition) is 2. The van der Waals surface area contributed by atoms with Crippen LogP contribution in [0.3, 0.4) is 0 Å². The van der Waals surface area contributed by atoms with Crippen LogP contribution in [0.5, 0.6) is 5.75 Å². The maximum Gasteiger partial charge on any atom is 0.256 e. The summed E-state index contributed by atoms with van der Waals surface area (Å²) >= 11 is 7.62. The standard InChI is InChI=1S/C16H16BrNO2S/c1-2-9-20-12-5-3-11(4-6-12)18-16(19)14-10-13(21)7-8-15(14)17/h3-8,10,21H,2,9H2,1H3,(H,18,19). The van der Waals surface area contributed by atoms with E-state index >= 15 is 0 Å². The fourth-order valence-electron chi connectivity index (χ4n) is 1.74. The van der Waals surface area contributed by atoms with Crippen LogP contribution in [0.25, 0.3) is 0 Å². The number of benzene rings is 2.